The minimum Gasteiger partial charge on any atom is -0.379 e. The second kappa shape index (κ2) is 9.28. The Hall–Kier alpha value is -0.990. The fourth-order valence-corrected chi connectivity index (χ4v) is 4.94. The summed E-state index contributed by atoms with van der Waals surface area (Å²) in [5.74, 6) is 0. The Morgan fingerprint density at radius 3 is 2.46 bits per heavy atom. The largest absolute Gasteiger partial charge is 0.379 e. The molecule has 0 radical (unpaired) electrons. The molecule has 146 valence electrons. The van der Waals surface area contributed by atoms with Crippen molar-refractivity contribution in [3.8, 4) is 0 Å². The SMILES string of the molecule is CN(C1CCCCC1)S(=O)(=O)NCc1ccccc1CN1CCOCC1. The van der Waals surface area contributed by atoms with E-state index in [0.717, 1.165) is 64.1 Å². The Bertz CT molecular complexity index is 668. The summed E-state index contributed by atoms with van der Waals surface area (Å²) in [7, 11) is -1.75. The molecule has 1 aliphatic carbocycles. The van der Waals surface area contributed by atoms with Gasteiger partial charge in [0.2, 0.25) is 0 Å². The molecule has 0 unspecified atom stereocenters. The number of hydrogen-bond acceptors (Lipinski definition) is 4. The summed E-state index contributed by atoms with van der Waals surface area (Å²) in [6.45, 7) is 4.54. The predicted octanol–water partition coefficient (Wildman–Crippen LogP) is 2.12. The van der Waals surface area contributed by atoms with Crippen molar-refractivity contribution in [2.75, 3.05) is 33.4 Å². The number of morpholine rings is 1. The van der Waals surface area contributed by atoms with Crippen molar-refractivity contribution in [1.29, 1.82) is 0 Å². The van der Waals surface area contributed by atoms with Crippen LogP contribution in [0.1, 0.15) is 43.2 Å². The van der Waals surface area contributed by atoms with Gasteiger partial charge in [-0.25, -0.2) is 0 Å². The van der Waals surface area contributed by atoms with Crippen LogP contribution in [-0.2, 0) is 28.0 Å². The zero-order valence-electron chi connectivity index (χ0n) is 15.7. The number of benzene rings is 1. The van der Waals surface area contributed by atoms with Crippen LogP contribution in [0, 0.1) is 0 Å². The summed E-state index contributed by atoms with van der Waals surface area (Å²) in [5, 5.41) is 0. The molecule has 1 heterocycles. The van der Waals surface area contributed by atoms with E-state index in [2.05, 4.69) is 15.7 Å². The third-order valence-electron chi connectivity index (χ3n) is 5.53. The van der Waals surface area contributed by atoms with Crippen LogP contribution in [0.3, 0.4) is 0 Å². The molecule has 0 spiro atoms. The Kier molecular flexibility index (Phi) is 7.05. The highest BCUT2D eigenvalue weighted by Crippen LogP contribution is 2.23. The average molecular weight is 382 g/mol. The van der Waals surface area contributed by atoms with Gasteiger partial charge < -0.3 is 4.74 Å². The van der Waals surface area contributed by atoms with E-state index in [4.69, 9.17) is 4.74 Å². The van der Waals surface area contributed by atoms with Gasteiger partial charge in [-0.15, -0.1) is 0 Å². The van der Waals surface area contributed by atoms with E-state index in [1.807, 2.05) is 18.2 Å². The lowest BCUT2D eigenvalue weighted by Crippen LogP contribution is -2.44. The zero-order valence-corrected chi connectivity index (χ0v) is 16.5. The standard InChI is InChI=1S/C19H31N3O3S/c1-21(19-9-3-2-4-10-19)26(23,24)20-15-17-7-5-6-8-18(17)16-22-11-13-25-14-12-22/h5-8,19-20H,2-4,9-16H2,1H3. The Morgan fingerprint density at radius 1 is 1.12 bits per heavy atom. The second-order valence-electron chi connectivity index (χ2n) is 7.29. The van der Waals surface area contributed by atoms with E-state index in [0.29, 0.717) is 6.54 Å². The first-order valence-corrected chi connectivity index (χ1v) is 11.1. The van der Waals surface area contributed by atoms with Crippen LogP contribution in [0.5, 0.6) is 0 Å². The van der Waals surface area contributed by atoms with E-state index >= 15 is 0 Å². The third kappa shape index (κ3) is 5.27. The molecule has 1 aromatic carbocycles. The van der Waals surface area contributed by atoms with Crippen molar-refractivity contribution in [1.82, 2.24) is 13.9 Å². The van der Waals surface area contributed by atoms with Crippen LogP contribution in [0.15, 0.2) is 24.3 Å². The fourth-order valence-electron chi connectivity index (χ4n) is 3.80. The van der Waals surface area contributed by atoms with Crippen LogP contribution in [-0.4, -0.2) is 57.0 Å². The average Bonchev–Trinajstić information content (AvgIpc) is 2.68. The maximum Gasteiger partial charge on any atom is 0.279 e. The van der Waals surface area contributed by atoms with Gasteiger partial charge in [0.05, 0.1) is 13.2 Å². The van der Waals surface area contributed by atoms with E-state index in [1.165, 1.54) is 16.3 Å². The van der Waals surface area contributed by atoms with Gasteiger partial charge >= 0.3 is 0 Å². The first kappa shape index (κ1) is 19.8. The summed E-state index contributed by atoms with van der Waals surface area (Å²) in [6.07, 6.45) is 5.38. The van der Waals surface area contributed by atoms with E-state index < -0.39 is 10.2 Å². The van der Waals surface area contributed by atoms with Gasteiger partial charge in [-0.1, -0.05) is 43.5 Å². The molecular formula is C19H31N3O3S. The summed E-state index contributed by atoms with van der Waals surface area (Å²) in [6, 6.07) is 8.21. The van der Waals surface area contributed by atoms with Gasteiger partial charge in [0, 0.05) is 39.3 Å². The molecule has 26 heavy (non-hydrogen) atoms. The number of nitrogens with one attached hydrogen (secondary N) is 1. The number of nitrogens with zero attached hydrogens (tertiary/aromatic N) is 2. The van der Waals surface area contributed by atoms with Gasteiger partial charge in [-0.2, -0.15) is 17.4 Å². The molecule has 2 aliphatic rings. The quantitative estimate of drug-likeness (QED) is 0.786. The van der Waals surface area contributed by atoms with E-state index in [9.17, 15) is 8.42 Å². The number of rotatable bonds is 7. The second-order valence-corrected chi connectivity index (χ2v) is 9.11. The summed E-state index contributed by atoms with van der Waals surface area (Å²) in [4.78, 5) is 2.35. The molecule has 0 amide bonds. The molecule has 2 fully saturated rings. The molecule has 0 bridgehead atoms. The minimum atomic E-state index is -3.46. The molecule has 0 atom stereocenters. The number of hydrogen-bond donors (Lipinski definition) is 1. The Morgan fingerprint density at radius 2 is 1.77 bits per heavy atom. The Labute approximate surface area is 157 Å². The molecule has 1 saturated heterocycles. The maximum absolute atomic E-state index is 12.7. The van der Waals surface area contributed by atoms with Crippen molar-refractivity contribution in [3.63, 3.8) is 0 Å². The van der Waals surface area contributed by atoms with Gasteiger partial charge in [-0.3, -0.25) is 4.90 Å². The highest BCUT2D eigenvalue weighted by atomic mass is 32.2. The van der Waals surface area contributed by atoms with E-state index in [1.54, 1.807) is 7.05 Å². The monoisotopic (exact) mass is 381 g/mol. The molecule has 1 saturated carbocycles. The van der Waals surface area contributed by atoms with Gasteiger partial charge in [0.1, 0.15) is 0 Å². The summed E-state index contributed by atoms with van der Waals surface area (Å²) >= 11 is 0. The van der Waals surface area contributed by atoms with Gasteiger partial charge in [0.25, 0.3) is 10.2 Å². The van der Waals surface area contributed by atoms with Gasteiger partial charge in [-0.05, 0) is 24.0 Å². The molecule has 6 nitrogen and oxygen atoms in total. The predicted molar refractivity (Wildman–Crippen MR) is 103 cm³/mol. The van der Waals surface area contributed by atoms with Crippen molar-refractivity contribution >= 4 is 10.2 Å². The summed E-state index contributed by atoms with van der Waals surface area (Å²) < 4.78 is 35.1. The normalized spacial score (nSPS) is 20.5. The van der Waals surface area contributed by atoms with Crippen LogP contribution < -0.4 is 4.72 Å². The highest BCUT2D eigenvalue weighted by Gasteiger charge is 2.27. The van der Waals surface area contributed by atoms with Crippen LogP contribution in [0.2, 0.25) is 0 Å². The van der Waals surface area contributed by atoms with Crippen molar-refractivity contribution in [2.45, 2.75) is 51.2 Å². The lowest BCUT2D eigenvalue weighted by atomic mass is 9.96. The van der Waals surface area contributed by atoms with Crippen molar-refractivity contribution < 1.29 is 13.2 Å². The third-order valence-corrected chi connectivity index (χ3v) is 7.09. The van der Waals surface area contributed by atoms with Gasteiger partial charge in [0.15, 0.2) is 0 Å². The van der Waals surface area contributed by atoms with Crippen LogP contribution in [0.25, 0.3) is 0 Å². The lowest BCUT2D eigenvalue weighted by molar-refractivity contribution is 0.0341. The lowest BCUT2D eigenvalue weighted by Gasteiger charge is -2.30. The first-order chi connectivity index (χ1) is 12.6. The molecule has 1 aliphatic heterocycles. The van der Waals surface area contributed by atoms with E-state index in [-0.39, 0.29) is 6.04 Å². The minimum absolute atomic E-state index is 0.129. The molecule has 1 aromatic rings. The molecule has 1 N–H and O–H groups in total. The molecule has 3 rings (SSSR count). The number of ether oxygens (including phenoxy) is 1. The van der Waals surface area contributed by atoms with Crippen LogP contribution >= 0.6 is 0 Å². The topological polar surface area (TPSA) is 61.9 Å². The van der Waals surface area contributed by atoms with Crippen molar-refractivity contribution in [2.24, 2.45) is 0 Å². The smallest absolute Gasteiger partial charge is 0.279 e. The first-order valence-electron chi connectivity index (χ1n) is 9.66. The Balaban J connectivity index is 1.61. The zero-order chi connectivity index (χ0) is 18.4. The highest BCUT2D eigenvalue weighted by molar-refractivity contribution is 7.87. The van der Waals surface area contributed by atoms with Crippen LogP contribution in [0.4, 0.5) is 0 Å². The molecular weight excluding hydrogens is 350 g/mol. The molecule has 0 aromatic heterocycles. The maximum atomic E-state index is 12.7. The van der Waals surface area contributed by atoms with Crippen molar-refractivity contribution in [3.05, 3.63) is 35.4 Å². The summed E-state index contributed by atoms with van der Waals surface area (Å²) in [5.41, 5.74) is 2.22. The molecule has 7 heteroatoms. The fraction of sp³-hybridized carbons (Fsp3) is 0.684.